The third kappa shape index (κ3) is 3.51. The molecule has 2 aliphatic carbocycles. The Morgan fingerprint density at radius 3 is 2.39 bits per heavy atom. The Balaban J connectivity index is 0.00000192. The fourth-order valence-electron chi connectivity index (χ4n) is 3.92. The molecule has 4 atom stereocenters. The molecular formula is C17H24ClN3O2. The number of hydrogen-bond acceptors (Lipinski definition) is 3. The van der Waals surface area contributed by atoms with Crippen molar-refractivity contribution in [3.8, 4) is 0 Å². The van der Waals surface area contributed by atoms with Gasteiger partial charge < -0.3 is 16.4 Å². The van der Waals surface area contributed by atoms with Crippen molar-refractivity contribution in [3.05, 3.63) is 29.8 Å². The summed E-state index contributed by atoms with van der Waals surface area (Å²) in [5.74, 6) is 0.804. The number of anilines is 1. The van der Waals surface area contributed by atoms with Gasteiger partial charge in [-0.25, -0.2) is 0 Å². The third-order valence-corrected chi connectivity index (χ3v) is 5.04. The number of nitrogens with two attached hydrogens (primary N) is 1. The minimum absolute atomic E-state index is 0. The molecule has 2 bridgehead atoms. The lowest BCUT2D eigenvalue weighted by Gasteiger charge is -2.27. The van der Waals surface area contributed by atoms with Crippen LogP contribution in [0.4, 0.5) is 5.69 Å². The molecule has 0 aromatic heterocycles. The van der Waals surface area contributed by atoms with Crippen molar-refractivity contribution >= 4 is 29.9 Å². The van der Waals surface area contributed by atoms with Gasteiger partial charge in [0.25, 0.3) is 5.91 Å². The second-order valence-electron chi connectivity index (χ2n) is 6.36. The first-order valence-corrected chi connectivity index (χ1v) is 8.05. The van der Waals surface area contributed by atoms with E-state index in [0.717, 1.165) is 19.3 Å². The number of carbonyl (C=O) groups is 2. The number of nitrogens with one attached hydrogen (secondary N) is 2. The highest BCUT2D eigenvalue weighted by Gasteiger charge is 2.49. The van der Waals surface area contributed by atoms with Gasteiger partial charge in [-0.2, -0.15) is 0 Å². The lowest BCUT2D eigenvalue weighted by atomic mass is 9.84. The molecule has 4 unspecified atom stereocenters. The van der Waals surface area contributed by atoms with E-state index in [1.807, 2.05) is 6.92 Å². The number of fused-ring (bicyclic) bond motifs is 2. The van der Waals surface area contributed by atoms with Gasteiger partial charge in [0.2, 0.25) is 5.91 Å². The maximum absolute atomic E-state index is 12.5. The van der Waals surface area contributed by atoms with Gasteiger partial charge >= 0.3 is 0 Å². The number of amides is 2. The number of benzene rings is 1. The van der Waals surface area contributed by atoms with Gasteiger partial charge in [0.1, 0.15) is 0 Å². The zero-order valence-electron chi connectivity index (χ0n) is 13.2. The molecule has 1 aromatic carbocycles. The van der Waals surface area contributed by atoms with Crippen LogP contribution in [0.5, 0.6) is 0 Å². The van der Waals surface area contributed by atoms with E-state index >= 15 is 0 Å². The Kier molecular flexibility index (Phi) is 5.65. The van der Waals surface area contributed by atoms with E-state index in [-0.39, 0.29) is 36.2 Å². The molecule has 6 heteroatoms. The van der Waals surface area contributed by atoms with Crippen LogP contribution in [0.25, 0.3) is 0 Å². The predicted molar refractivity (Wildman–Crippen MR) is 92.6 cm³/mol. The van der Waals surface area contributed by atoms with E-state index in [0.29, 0.717) is 29.6 Å². The first kappa shape index (κ1) is 17.8. The van der Waals surface area contributed by atoms with E-state index in [4.69, 9.17) is 5.73 Å². The highest BCUT2D eigenvalue weighted by atomic mass is 35.5. The largest absolute Gasteiger partial charge is 0.352 e. The summed E-state index contributed by atoms with van der Waals surface area (Å²) in [4.78, 5) is 24.2. The van der Waals surface area contributed by atoms with Gasteiger partial charge in [0, 0.05) is 23.8 Å². The van der Waals surface area contributed by atoms with Crippen LogP contribution in [0, 0.1) is 17.8 Å². The molecule has 2 fully saturated rings. The molecule has 0 spiro atoms. The molecule has 2 amide bonds. The van der Waals surface area contributed by atoms with Gasteiger partial charge in [-0.3, -0.25) is 9.59 Å². The molecule has 23 heavy (non-hydrogen) atoms. The van der Waals surface area contributed by atoms with Crippen molar-refractivity contribution in [1.82, 2.24) is 5.32 Å². The van der Waals surface area contributed by atoms with E-state index in [2.05, 4.69) is 10.6 Å². The Hall–Kier alpha value is -1.59. The summed E-state index contributed by atoms with van der Waals surface area (Å²) < 4.78 is 0. The van der Waals surface area contributed by atoms with Crippen LogP contribution in [-0.2, 0) is 4.79 Å². The monoisotopic (exact) mass is 337 g/mol. The molecule has 0 heterocycles. The third-order valence-electron chi connectivity index (χ3n) is 5.04. The first-order chi connectivity index (χ1) is 10.6. The Bertz CT molecular complexity index is 574. The fourth-order valence-corrected chi connectivity index (χ4v) is 3.92. The second-order valence-corrected chi connectivity index (χ2v) is 6.36. The van der Waals surface area contributed by atoms with Gasteiger partial charge in [-0.15, -0.1) is 12.4 Å². The zero-order valence-corrected chi connectivity index (χ0v) is 14.1. The van der Waals surface area contributed by atoms with Crippen LogP contribution in [0.15, 0.2) is 24.3 Å². The van der Waals surface area contributed by atoms with Gasteiger partial charge in [0.05, 0.1) is 5.92 Å². The predicted octanol–water partition coefficient (Wildman–Crippen LogP) is 2.17. The minimum Gasteiger partial charge on any atom is -0.352 e. The molecule has 4 N–H and O–H groups in total. The first-order valence-electron chi connectivity index (χ1n) is 8.05. The number of rotatable bonds is 4. The average molecular weight is 338 g/mol. The Morgan fingerprint density at radius 2 is 1.83 bits per heavy atom. The Labute approximate surface area is 142 Å². The number of halogens is 1. The molecule has 2 saturated carbocycles. The van der Waals surface area contributed by atoms with Crippen molar-refractivity contribution in [2.24, 2.45) is 23.5 Å². The molecule has 1 aromatic rings. The van der Waals surface area contributed by atoms with Crippen molar-refractivity contribution in [2.45, 2.75) is 32.2 Å². The molecule has 126 valence electrons. The van der Waals surface area contributed by atoms with Crippen LogP contribution in [-0.4, -0.2) is 24.4 Å². The molecule has 2 aliphatic rings. The van der Waals surface area contributed by atoms with Crippen LogP contribution >= 0.6 is 12.4 Å². The van der Waals surface area contributed by atoms with Crippen molar-refractivity contribution < 1.29 is 9.59 Å². The number of hydrogen-bond donors (Lipinski definition) is 3. The molecule has 0 saturated heterocycles. The summed E-state index contributed by atoms with van der Waals surface area (Å²) in [6.45, 7) is 2.48. The molecule has 0 aliphatic heterocycles. The lowest BCUT2D eigenvalue weighted by Crippen LogP contribution is -2.42. The summed E-state index contributed by atoms with van der Waals surface area (Å²) in [7, 11) is 0. The normalized spacial score (nSPS) is 28.1. The smallest absolute Gasteiger partial charge is 0.251 e. The lowest BCUT2D eigenvalue weighted by molar-refractivity contribution is -0.121. The molecule has 3 rings (SSSR count). The highest BCUT2D eigenvalue weighted by molar-refractivity contribution is 5.96. The van der Waals surface area contributed by atoms with E-state index < -0.39 is 0 Å². The van der Waals surface area contributed by atoms with Crippen LogP contribution in [0.1, 0.15) is 36.5 Å². The fraction of sp³-hybridized carbons (Fsp3) is 0.529. The summed E-state index contributed by atoms with van der Waals surface area (Å²) in [6.07, 6.45) is 3.37. The van der Waals surface area contributed by atoms with E-state index in [1.54, 1.807) is 24.3 Å². The minimum atomic E-state index is -0.101. The highest BCUT2D eigenvalue weighted by Crippen LogP contribution is 2.47. The van der Waals surface area contributed by atoms with Crippen LogP contribution < -0.4 is 16.4 Å². The maximum atomic E-state index is 12.5. The van der Waals surface area contributed by atoms with E-state index in [1.165, 1.54) is 0 Å². The molecular weight excluding hydrogens is 314 g/mol. The summed E-state index contributed by atoms with van der Waals surface area (Å²) >= 11 is 0. The molecule has 0 radical (unpaired) electrons. The standard InChI is InChI=1S/C17H23N3O2.ClH/c1-2-19-16(21)10-5-7-13(8-6-10)20-17(22)14-11-3-4-12(9-11)15(14)18;/h5-8,11-12,14-15H,2-4,9,18H2,1H3,(H,19,21)(H,20,22);1H. The quantitative estimate of drug-likeness (QED) is 0.787. The summed E-state index contributed by atoms with van der Waals surface area (Å²) in [5.41, 5.74) is 7.51. The maximum Gasteiger partial charge on any atom is 0.251 e. The van der Waals surface area contributed by atoms with Crippen molar-refractivity contribution in [2.75, 3.05) is 11.9 Å². The average Bonchev–Trinajstić information content (AvgIpc) is 3.09. The van der Waals surface area contributed by atoms with E-state index in [9.17, 15) is 9.59 Å². The molecule has 5 nitrogen and oxygen atoms in total. The SMILES string of the molecule is CCNC(=O)c1ccc(NC(=O)C2C3CCC(C3)C2N)cc1.Cl. The number of carbonyl (C=O) groups excluding carboxylic acids is 2. The van der Waals surface area contributed by atoms with Crippen LogP contribution in [0.3, 0.4) is 0 Å². The summed E-state index contributed by atoms with van der Waals surface area (Å²) in [6, 6.07) is 6.97. The van der Waals surface area contributed by atoms with Gasteiger partial charge in [0.15, 0.2) is 0 Å². The van der Waals surface area contributed by atoms with Gasteiger partial charge in [-0.1, -0.05) is 0 Å². The second kappa shape index (κ2) is 7.32. The summed E-state index contributed by atoms with van der Waals surface area (Å²) in [5, 5.41) is 5.69. The topological polar surface area (TPSA) is 84.2 Å². The van der Waals surface area contributed by atoms with Gasteiger partial charge in [-0.05, 0) is 62.3 Å². The Morgan fingerprint density at radius 1 is 1.17 bits per heavy atom. The zero-order chi connectivity index (χ0) is 15.7. The van der Waals surface area contributed by atoms with Crippen molar-refractivity contribution in [3.63, 3.8) is 0 Å². The van der Waals surface area contributed by atoms with Crippen LogP contribution in [0.2, 0.25) is 0 Å². The van der Waals surface area contributed by atoms with Crippen molar-refractivity contribution in [1.29, 1.82) is 0 Å².